The fraction of sp³-hybridized carbons (Fsp3) is 1.00. The van der Waals surface area contributed by atoms with Gasteiger partial charge in [-0.25, -0.2) is 0 Å². The Bertz CT molecular complexity index is 153. The van der Waals surface area contributed by atoms with Gasteiger partial charge in [0.2, 0.25) is 0 Å². The Hall–Kier alpha value is 0.440. The van der Waals surface area contributed by atoms with Crippen molar-refractivity contribution in [3.63, 3.8) is 0 Å². The molecule has 0 aromatic carbocycles. The van der Waals surface area contributed by atoms with E-state index in [9.17, 15) is 0 Å². The summed E-state index contributed by atoms with van der Waals surface area (Å²) in [6.45, 7) is 9.38. The first-order chi connectivity index (χ1) is 7.64. The first-order valence-corrected chi connectivity index (χ1v) is 8.00. The van der Waals surface area contributed by atoms with Crippen LogP contribution in [0.2, 0.25) is 0 Å². The van der Waals surface area contributed by atoms with Gasteiger partial charge in [0.1, 0.15) is 0 Å². The van der Waals surface area contributed by atoms with Gasteiger partial charge in [-0.3, -0.25) is 0 Å². The highest BCUT2D eigenvalue weighted by Crippen LogP contribution is 2.32. The molecule has 0 aliphatic rings. The summed E-state index contributed by atoms with van der Waals surface area (Å²) in [5.41, 5.74) is 0.506. The van der Waals surface area contributed by atoms with Crippen molar-refractivity contribution in [2.75, 3.05) is 25.5 Å². The van der Waals surface area contributed by atoms with E-state index in [1.54, 1.807) is 0 Å². The molecule has 0 saturated heterocycles. The normalized spacial score (nSPS) is 12.4. The van der Waals surface area contributed by atoms with Gasteiger partial charge in [0.15, 0.2) is 0 Å². The van der Waals surface area contributed by atoms with E-state index in [-0.39, 0.29) is 0 Å². The van der Waals surface area contributed by atoms with Gasteiger partial charge in [0, 0.05) is 11.9 Å². The van der Waals surface area contributed by atoms with Crippen LogP contribution in [-0.2, 0) is 0 Å². The summed E-state index contributed by atoms with van der Waals surface area (Å²) in [6, 6.07) is 0. The highest BCUT2D eigenvalue weighted by Gasteiger charge is 2.28. The van der Waals surface area contributed by atoms with Crippen molar-refractivity contribution >= 4 is 15.9 Å². The van der Waals surface area contributed by atoms with Crippen LogP contribution in [0.4, 0.5) is 0 Å². The first-order valence-electron chi connectivity index (χ1n) is 6.88. The van der Waals surface area contributed by atoms with Gasteiger partial charge in [0.25, 0.3) is 0 Å². The minimum atomic E-state index is 0.506. The van der Waals surface area contributed by atoms with Gasteiger partial charge in [-0.15, -0.1) is 0 Å². The molecule has 98 valence electrons. The van der Waals surface area contributed by atoms with Crippen LogP contribution in [0.3, 0.4) is 0 Å². The summed E-state index contributed by atoms with van der Waals surface area (Å²) >= 11 is 3.75. The maximum absolute atomic E-state index is 3.75. The molecule has 0 spiro atoms. The molecule has 0 aliphatic heterocycles. The number of hydrogen-bond acceptors (Lipinski definition) is 1. The Morgan fingerprint density at radius 3 is 1.94 bits per heavy atom. The molecular formula is C14H30BrN. The molecule has 0 amide bonds. The predicted molar refractivity (Wildman–Crippen MR) is 78.4 cm³/mol. The van der Waals surface area contributed by atoms with Crippen molar-refractivity contribution in [2.24, 2.45) is 5.41 Å². The number of nitrogens with zero attached hydrogens (tertiary/aromatic N) is 1. The Morgan fingerprint density at radius 1 is 1.00 bits per heavy atom. The van der Waals surface area contributed by atoms with E-state index in [4.69, 9.17) is 0 Å². The van der Waals surface area contributed by atoms with Crippen LogP contribution in [0.25, 0.3) is 0 Å². The smallest absolute Gasteiger partial charge is 0.0100 e. The maximum atomic E-state index is 3.75. The zero-order valence-electron chi connectivity index (χ0n) is 11.7. The van der Waals surface area contributed by atoms with E-state index < -0.39 is 0 Å². The van der Waals surface area contributed by atoms with Crippen LogP contribution in [0.1, 0.15) is 59.3 Å². The number of hydrogen-bond donors (Lipinski definition) is 0. The average molecular weight is 292 g/mol. The van der Waals surface area contributed by atoms with Crippen LogP contribution in [0, 0.1) is 5.41 Å². The van der Waals surface area contributed by atoms with Crippen molar-refractivity contribution in [2.45, 2.75) is 59.3 Å². The molecule has 1 nitrogen and oxygen atoms in total. The van der Waals surface area contributed by atoms with Crippen LogP contribution in [0.15, 0.2) is 0 Å². The largest absolute Gasteiger partial charge is 0.306 e. The molecule has 0 fully saturated rings. The lowest BCUT2D eigenvalue weighted by Gasteiger charge is -2.36. The third kappa shape index (κ3) is 6.24. The Balaban J connectivity index is 4.26. The van der Waals surface area contributed by atoms with Gasteiger partial charge in [0.05, 0.1) is 0 Å². The Kier molecular flexibility index (Phi) is 9.73. The quantitative estimate of drug-likeness (QED) is 0.528. The third-order valence-electron chi connectivity index (χ3n) is 3.34. The standard InChI is InChI=1S/C14H30BrN/c1-5-8-11-16(4)13-14(12-15,9-6-2)10-7-3/h5-13H2,1-4H3. The second kappa shape index (κ2) is 9.47. The summed E-state index contributed by atoms with van der Waals surface area (Å²) in [6.07, 6.45) is 7.92. The van der Waals surface area contributed by atoms with Crippen molar-refractivity contribution in [1.82, 2.24) is 4.90 Å². The molecular weight excluding hydrogens is 262 g/mol. The van der Waals surface area contributed by atoms with Crippen LogP contribution >= 0.6 is 15.9 Å². The zero-order valence-corrected chi connectivity index (χ0v) is 13.3. The Morgan fingerprint density at radius 2 is 1.56 bits per heavy atom. The molecule has 0 rings (SSSR count). The van der Waals surface area contributed by atoms with Crippen molar-refractivity contribution in [3.8, 4) is 0 Å². The molecule has 0 saturated carbocycles. The zero-order chi connectivity index (χ0) is 12.4. The highest BCUT2D eigenvalue weighted by molar-refractivity contribution is 9.09. The molecule has 0 atom stereocenters. The van der Waals surface area contributed by atoms with E-state index in [1.165, 1.54) is 51.6 Å². The van der Waals surface area contributed by atoms with E-state index >= 15 is 0 Å². The SMILES string of the molecule is CCCCN(C)CC(CBr)(CCC)CCC. The molecule has 0 radical (unpaired) electrons. The first kappa shape index (κ1) is 16.4. The minimum absolute atomic E-state index is 0.506. The number of unbranched alkanes of at least 4 members (excludes halogenated alkanes) is 1. The van der Waals surface area contributed by atoms with E-state index in [1.807, 2.05) is 0 Å². The van der Waals surface area contributed by atoms with Crippen LogP contribution in [-0.4, -0.2) is 30.4 Å². The summed E-state index contributed by atoms with van der Waals surface area (Å²) in [5.74, 6) is 0. The summed E-state index contributed by atoms with van der Waals surface area (Å²) in [5, 5.41) is 1.15. The summed E-state index contributed by atoms with van der Waals surface area (Å²) in [4.78, 5) is 2.52. The van der Waals surface area contributed by atoms with Crippen LogP contribution < -0.4 is 0 Å². The van der Waals surface area contributed by atoms with Crippen molar-refractivity contribution in [3.05, 3.63) is 0 Å². The lowest BCUT2D eigenvalue weighted by molar-refractivity contribution is 0.169. The molecule has 0 unspecified atom stereocenters. The Labute approximate surface area is 111 Å². The fourth-order valence-corrected chi connectivity index (χ4v) is 3.34. The second-order valence-electron chi connectivity index (χ2n) is 5.22. The number of alkyl halides is 1. The van der Waals surface area contributed by atoms with Gasteiger partial charge < -0.3 is 4.90 Å². The lowest BCUT2D eigenvalue weighted by atomic mass is 9.81. The molecule has 0 aromatic heterocycles. The molecule has 16 heavy (non-hydrogen) atoms. The van der Waals surface area contributed by atoms with E-state index in [2.05, 4.69) is 48.6 Å². The molecule has 2 heteroatoms. The number of rotatable bonds is 10. The third-order valence-corrected chi connectivity index (χ3v) is 4.53. The molecule has 0 aliphatic carbocycles. The van der Waals surface area contributed by atoms with Crippen LogP contribution in [0.5, 0.6) is 0 Å². The van der Waals surface area contributed by atoms with Crippen molar-refractivity contribution < 1.29 is 0 Å². The monoisotopic (exact) mass is 291 g/mol. The van der Waals surface area contributed by atoms with Gasteiger partial charge in [-0.1, -0.05) is 56.0 Å². The molecule has 0 heterocycles. The second-order valence-corrected chi connectivity index (χ2v) is 5.79. The van der Waals surface area contributed by atoms with Crippen molar-refractivity contribution in [1.29, 1.82) is 0 Å². The minimum Gasteiger partial charge on any atom is -0.306 e. The highest BCUT2D eigenvalue weighted by atomic mass is 79.9. The fourth-order valence-electron chi connectivity index (χ4n) is 2.60. The molecule has 0 N–H and O–H groups in total. The van der Waals surface area contributed by atoms with E-state index in [0.717, 1.165) is 5.33 Å². The van der Waals surface area contributed by atoms with Gasteiger partial charge in [-0.05, 0) is 38.3 Å². The maximum Gasteiger partial charge on any atom is 0.0100 e. The molecule has 0 bridgehead atoms. The summed E-state index contributed by atoms with van der Waals surface area (Å²) < 4.78 is 0. The predicted octanol–water partition coefficient (Wildman–Crippen LogP) is 4.70. The average Bonchev–Trinajstić information content (AvgIpc) is 2.27. The van der Waals surface area contributed by atoms with E-state index in [0.29, 0.717) is 5.41 Å². The molecule has 0 aromatic rings. The lowest BCUT2D eigenvalue weighted by Crippen LogP contribution is -2.37. The topological polar surface area (TPSA) is 3.24 Å². The number of halogens is 1. The summed E-state index contributed by atoms with van der Waals surface area (Å²) in [7, 11) is 2.28. The van der Waals surface area contributed by atoms with Gasteiger partial charge in [-0.2, -0.15) is 0 Å². The van der Waals surface area contributed by atoms with Gasteiger partial charge >= 0.3 is 0 Å².